The number of aryl methyl sites for hydroxylation is 3. The Bertz CT molecular complexity index is 814. The van der Waals surface area contributed by atoms with Gasteiger partial charge in [-0.2, -0.15) is 0 Å². The zero-order valence-electron chi connectivity index (χ0n) is 16.5. The van der Waals surface area contributed by atoms with Crippen LogP contribution in [0.1, 0.15) is 34.0 Å². The van der Waals surface area contributed by atoms with Crippen molar-refractivity contribution in [3.05, 3.63) is 52.6 Å². The third-order valence-electron chi connectivity index (χ3n) is 4.21. The Morgan fingerprint density at radius 1 is 0.963 bits per heavy atom. The summed E-state index contributed by atoms with van der Waals surface area (Å²) in [6, 6.07) is 8.93. The number of hydrogen-bond donors (Lipinski definition) is 1. The van der Waals surface area contributed by atoms with Crippen LogP contribution in [-0.4, -0.2) is 32.2 Å². The van der Waals surface area contributed by atoms with E-state index in [0.29, 0.717) is 11.5 Å². The van der Waals surface area contributed by atoms with Crippen molar-refractivity contribution in [3.63, 3.8) is 0 Å². The van der Waals surface area contributed by atoms with Gasteiger partial charge in [-0.15, -0.1) is 0 Å². The van der Waals surface area contributed by atoms with Crippen LogP contribution in [-0.2, 0) is 9.53 Å². The highest BCUT2D eigenvalue weighted by atomic mass is 16.6. The minimum atomic E-state index is -0.993. The van der Waals surface area contributed by atoms with Crippen LogP contribution < -0.4 is 14.8 Å². The molecule has 1 amide bonds. The van der Waals surface area contributed by atoms with Gasteiger partial charge in [0, 0.05) is 5.69 Å². The van der Waals surface area contributed by atoms with Crippen LogP contribution in [0.3, 0.4) is 0 Å². The Balaban J connectivity index is 2.17. The molecule has 27 heavy (non-hydrogen) atoms. The number of esters is 1. The van der Waals surface area contributed by atoms with Crippen molar-refractivity contribution in [2.24, 2.45) is 0 Å². The summed E-state index contributed by atoms with van der Waals surface area (Å²) in [5.41, 5.74) is 3.88. The highest BCUT2D eigenvalue weighted by molar-refractivity contribution is 6.00. The van der Waals surface area contributed by atoms with Crippen molar-refractivity contribution < 1.29 is 23.8 Å². The minimum absolute atomic E-state index is 0.143. The largest absolute Gasteiger partial charge is 0.496 e. The van der Waals surface area contributed by atoms with E-state index in [1.165, 1.54) is 21.1 Å². The van der Waals surface area contributed by atoms with Gasteiger partial charge in [0.05, 0.1) is 14.2 Å². The SMILES string of the molecule is COc1cccc(OC)c1C(=O)OC(C)C(=O)Nc1c(C)cc(C)cc1C. The summed E-state index contributed by atoms with van der Waals surface area (Å²) in [6.07, 6.45) is -0.993. The number of ether oxygens (including phenoxy) is 3. The van der Waals surface area contributed by atoms with Gasteiger partial charge in [-0.25, -0.2) is 4.79 Å². The average molecular weight is 371 g/mol. The first-order chi connectivity index (χ1) is 12.8. The summed E-state index contributed by atoms with van der Waals surface area (Å²) in [5, 5.41) is 2.84. The molecule has 0 saturated carbocycles. The van der Waals surface area contributed by atoms with Gasteiger partial charge in [0.15, 0.2) is 6.10 Å². The molecule has 1 unspecified atom stereocenters. The molecule has 0 fully saturated rings. The first-order valence-corrected chi connectivity index (χ1v) is 8.59. The third kappa shape index (κ3) is 4.58. The number of hydrogen-bond acceptors (Lipinski definition) is 5. The van der Waals surface area contributed by atoms with Crippen molar-refractivity contribution in [1.29, 1.82) is 0 Å². The molecule has 0 aromatic heterocycles. The van der Waals surface area contributed by atoms with E-state index in [9.17, 15) is 9.59 Å². The molecule has 0 heterocycles. The molecule has 0 bridgehead atoms. The fourth-order valence-electron chi connectivity index (χ4n) is 2.93. The molecule has 6 heteroatoms. The molecule has 0 aliphatic heterocycles. The number of carbonyl (C=O) groups excluding carboxylic acids is 2. The minimum Gasteiger partial charge on any atom is -0.496 e. The molecule has 2 aromatic rings. The summed E-state index contributed by atoms with van der Waals surface area (Å²) in [6.45, 7) is 7.36. The van der Waals surface area contributed by atoms with Crippen LogP contribution in [0, 0.1) is 20.8 Å². The maximum absolute atomic E-state index is 12.6. The van der Waals surface area contributed by atoms with Crippen LogP contribution in [0.4, 0.5) is 5.69 Å². The monoisotopic (exact) mass is 371 g/mol. The number of benzene rings is 2. The van der Waals surface area contributed by atoms with E-state index in [1.807, 2.05) is 32.9 Å². The summed E-state index contributed by atoms with van der Waals surface area (Å²) in [7, 11) is 2.90. The number of carbonyl (C=O) groups is 2. The molecule has 0 spiro atoms. The molecule has 0 saturated heterocycles. The van der Waals surface area contributed by atoms with E-state index in [4.69, 9.17) is 14.2 Å². The number of rotatable bonds is 6. The molecular weight excluding hydrogens is 346 g/mol. The number of nitrogens with one attached hydrogen (secondary N) is 1. The normalized spacial score (nSPS) is 11.5. The molecule has 0 aliphatic carbocycles. The zero-order valence-corrected chi connectivity index (χ0v) is 16.5. The van der Waals surface area contributed by atoms with Gasteiger partial charge in [-0.3, -0.25) is 4.79 Å². The van der Waals surface area contributed by atoms with Gasteiger partial charge in [0.2, 0.25) is 0 Å². The summed E-state index contributed by atoms with van der Waals surface area (Å²) in [5.74, 6) is -0.467. The topological polar surface area (TPSA) is 73.9 Å². The van der Waals surface area contributed by atoms with Gasteiger partial charge >= 0.3 is 5.97 Å². The lowest BCUT2D eigenvalue weighted by molar-refractivity contribution is -0.123. The summed E-state index contributed by atoms with van der Waals surface area (Å²) < 4.78 is 15.8. The van der Waals surface area contributed by atoms with Crippen LogP contribution in [0.25, 0.3) is 0 Å². The predicted octanol–water partition coefficient (Wildman–Crippen LogP) is 3.81. The molecule has 6 nitrogen and oxygen atoms in total. The summed E-state index contributed by atoms with van der Waals surface area (Å²) >= 11 is 0. The van der Waals surface area contributed by atoms with Crippen molar-refractivity contribution in [3.8, 4) is 11.5 Å². The Morgan fingerprint density at radius 2 is 1.48 bits per heavy atom. The number of amides is 1. The standard InChI is InChI=1S/C21H25NO5/c1-12-10-13(2)19(14(3)11-12)22-20(23)15(4)27-21(24)18-16(25-5)8-7-9-17(18)26-6/h7-11,15H,1-6H3,(H,22,23). The summed E-state index contributed by atoms with van der Waals surface area (Å²) in [4.78, 5) is 25.1. The van der Waals surface area contributed by atoms with Crippen LogP contribution in [0.15, 0.2) is 30.3 Å². The molecule has 1 N–H and O–H groups in total. The highest BCUT2D eigenvalue weighted by Crippen LogP contribution is 2.29. The Labute approximate surface area is 159 Å². The Kier molecular flexibility index (Phi) is 6.45. The van der Waals surface area contributed by atoms with Gasteiger partial charge in [0.25, 0.3) is 5.91 Å². The van der Waals surface area contributed by atoms with Crippen molar-refractivity contribution in [1.82, 2.24) is 0 Å². The lowest BCUT2D eigenvalue weighted by atomic mass is 10.0. The molecule has 2 aromatic carbocycles. The molecule has 2 rings (SSSR count). The number of anilines is 1. The van der Waals surface area contributed by atoms with E-state index < -0.39 is 18.0 Å². The molecule has 1 atom stereocenters. The van der Waals surface area contributed by atoms with E-state index in [1.54, 1.807) is 18.2 Å². The maximum Gasteiger partial charge on any atom is 0.346 e. The van der Waals surface area contributed by atoms with Gasteiger partial charge in [-0.05, 0) is 51.0 Å². The van der Waals surface area contributed by atoms with Gasteiger partial charge in [0.1, 0.15) is 17.1 Å². The average Bonchev–Trinajstić information content (AvgIpc) is 2.63. The number of methoxy groups -OCH3 is 2. The first kappa shape index (κ1) is 20.3. The zero-order chi connectivity index (χ0) is 20.1. The van der Waals surface area contributed by atoms with Gasteiger partial charge < -0.3 is 19.5 Å². The smallest absolute Gasteiger partial charge is 0.346 e. The van der Waals surface area contributed by atoms with Crippen molar-refractivity contribution >= 4 is 17.6 Å². The van der Waals surface area contributed by atoms with E-state index in [2.05, 4.69) is 5.32 Å². The van der Waals surface area contributed by atoms with Gasteiger partial charge in [-0.1, -0.05) is 23.8 Å². The molecule has 0 aliphatic rings. The molecule has 0 radical (unpaired) electrons. The second-order valence-corrected chi connectivity index (χ2v) is 6.35. The predicted molar refractivity (Wildman–Crippen MR) is 104 cm³/mol. The van der Waals surface area contributed by atoms with Crippen molar-refractivity contribution in [2.75, 3.05) is 19.5 Å². The van der Waals surface area contributed by atoms with E-state index in [-0.39, 0.29) is 5.56 Å². The Morgan fingerprint density at radius 3 is 1.96 bits per heavy atom. The fraction of sp³-hybridized carbons (Fsp3) is 0.333. The lowest BCUT2D eigenvalue weighted by Gasteiger charge is -2.18. The molecule has 144 valence electrons. The lowest BCUT2D eigenvalue weighted by Crippen LogP contribution is -2.30. The third-order valence-corrected chi connectivity index (χ3v) is 4.21. The van der Waals surface area contributed by atoms with E-state index >= 15 is 0 Å². The second-order valence-electron chi connectivity index (χ2n) is 6.35. The van der Waals surface area contributed by atoms with E-state index in [0.717, 1.165) is 22.4 Å². The molecular formula is C21H25NO5. The van der Waals surface area contributed by atoms with Crippen LogP contribution in [0.5, 0.6) is 11.5 Å². The highest BCUT2D eigenvalue weighted by Gasteiger charge is 2.25. The Hall–Kier alpha value is -3.02. The van der Waals surface area contributed by atoms with Crippen LogP contribution in [0.2, 0.25) is 0 Å². The quantitative estimate of drug-likeness (QED) is 0.782. The second kappa shape index (κ2) is 8.58. The maximum atomic E-state index is 12.6. The van der Waals surface area contributed by atoms with Crippen LogP contribution >= 0.6 is 0 Å². The fourth-order valence-corrected chi connectivity index (χ4v) is 2.93. The first-order valence-electron chi connectivity index (χ1n) is 8.59. The van der Waals surface area contributed by atoms with Crippen molar-refractivity contribution in [2.45, 2.75) is 33.8 Å².